The van der Waals surface area contributed by atoms with Gasteiger partial charge in [0.25, 0.3) is 0 Å². The summed E-state index contributed by atoms with van der Waals surface area (Å²) in [6.45, 7) is 9.34. The third kappa shape index (κ3) is 9.92. The zero-order valence-electron chi connectivity index (χ0n) is 14.9. The SMILES string of the molecule is CCCC(CCC)(CCC)CC(C)CCCCCC(=O)O. The third-order valence-corrected chi connectivity index (χ3v) is 4.71. The van der Waals surface area contributed by atoms with Crippen molar-refractivity contribution in [2.75, 3.05) is 0 Å². The van der Waals surface area contributed by atoms with Crippen LogP contribution in [0.15, 0.2) is 0 Å². The molecule has 0 bridgehead atoms. The zero-order chi connectivity index (χ0) is 16.1. The molecule has 0 rings (SSSR count). The highest BCUT2D eigenvalue weighted by Crippen LogP contribution is 2.41. The number of hydrogen-bond donors (Lipinski definition) is 1. The molecule has 0 aromatic heterocycles. The summed E-state index contributed by atoms with van der Waals surface area (Å²) < 4.78 is 0. The maximum absolute atomic E-state index is 10.5. The van der Waals surface area contributed by atoms with Gasteiger partial charge in [0.15, 0.2) is 0 Å². The lowest BCUT2D eigenvalue weighted by Gasteiger charge is -2.36. The monoisotopic (exact) mass is 298 g/mol. The first-order valence-electron chi connectivity index (χ1n) is 9.21. The van der Waals surface area contributed by atoms with Crippen LogP contribution in [0.3, 0.4) is 0 Å². The van der Waals surface area contributed by atoms with E-state index in [2.05, 4.69) is 27.7 Å². The van der Waals surface area contributed by atoms with Gasteiger partial charge in [-0.1, -0.05) is 66.2 Å². The van der Waals surface area contributed by atoms with E-state index in [0.717, 1.165) is 18.8 Å². The highest BCUT2D eigenvalue weighted by Gasteiger charge is 2.28. The van der Waals surface area contributed by atoms with E-state index in [-0.39, 0.29) is 0 Å². The molecule has 0 saturated heterocycles. The molecule has 0 aromatic carbocycles. The van der Waals surface area contributed by atoms with Crippen LogP contribution in [0.5, 0.6) is 0 Å². The van der Waals surface area contributed by atoms with Crippen LogP contribution in [-0.2, 0) is 4.79 Å². The first-order valence-corrected chi connectivity index (χ1v) is 9.21. The number of carboxylic acid groups (broad SMARTS) is 1. The minimum atomic E-state index is -0.657. The van der Waals surface area contributed by atoms with Gasteiger partial charge in [-0.05, 0) is 43.4 Å². The van der Waals surface area contributed by atoms with Crippen LogP contribution in [0.25, 0.3) is 0 Å². The van der Waals surface area contributed by atoms with Gasteiger partial charge in [0, 0.05) is 6.42 Å². The predicted octanol–water partition coefficient (Wildman–Crippen LogP) is 6.43. The standard InChI is InChI=1S/C19H38O2/c1-5-13-19(14-6-2,15-7-3)16-17(4)11-9-8-10-12-18(20)21/h17H,5-16H2,1-4H3,(H,20,21). The molecule has 1 N–H and O–H groups in total. The van der Waals surface area contributed by atoms with Crippen molar-refractivity contribution in [2.45, 2.75) is 105 Å². The lowest BCUT2D eigenvalue weighted by molar-refractivity contribution is -0.137. The van der Waals surface area contributed by atoms with Gasteiger partial charge in [0.05, 0.1) is 0 Å². The Morgan fingerprint density at radius 2 is 1.48 bits per heavy atom. The van der Waals surface area contributed by atoms with Gasteiger partial charge < -0.3 is 5.11 Å². The van der Waals surface area contributed by atoms with Crippen LogP contribution in [0.1, 0.15) is 105 Å². The first kappa shape index (κ1) is 20.5. The molecule has 21 heavy (non-hydrogen) atoms. The van der Waals surface area contributed by atoms with E-state index in [4.69, 9.17) is 5.11 Å². The molecule has 0 spiro atoms. The van der Waals surface area contributed by atoms with Crippen LogP contribution in [0.2, 0.25) is 0 Å². The second-order valence-corrected chi connectivity index (χ2v) is 7.05. The van der Waals surface area contributed by atoms with E-state index in [1.807, 2.05) is 0 Å². The number of carbonyl (C=O) groups is 1. The second-order valence-electron chi connectivity index (χ2n) is 7.05. The van der Waals surface area contributed by atoms with Gasteiger partial charge in [-0.15, -0.1) is 0 Å². The maximum atomic E-state index is 10.5. The summed E-state index contributed by atoms with van der Waals surface area (Å²) in [5.74, 6) is 0.121. The molecule has 0 heterocycles. The Labute approximate surface area is 132 Å². The summed E-state index contributed by atoms with van der Waals surface area (Å²) in [6.07, 6.45) is 14.1. The molecule has 0 aliphatic rings. The number of unbranched alkanes of at least 4 members (excludes halogenated alkanes) is 2. The average molecular weight is 299 g/mol. The molecular weight excluding hydrogens is 260 g/mol. The van der Waals surface area contributed by atoms with Crippen molar-refractivity contribution < 1.29 is 9.90 Å². The Morgan fingerprint density at radius 1 is 0.952 bits per heavy atom. The fourth-order valence-corrected chi connectivity index (χ4v) is 4.06. The summed E-state index contributed by atoms with van der Waals surface area (Å²) >= 11 is 0. The molecule has 0 amide bonds. The molecule has 0 aromatic rings. The third-order valence-electron chi connectivity index (χ3n) is 4.71. The Bertz CT molecular complexity index is 243. The van der Waals surface area contributed by atoms with Crippen molar-refractivity contribution in [1.29, 1.82) is 0 Å². The van der Waals surface area contributed by atoms with Crippen LogP contribution in [0, 0.1) is 11.3 Å². The smallest absolute Gasteiger partial charge is 0.303 e. The lowest BCUT2D eigenvalue weighted by Crippen LogP contribution is -2.23. The molecule has 0 radical (unpaired) electrons. The number of carboxylic acids is 1. The average Bonchev–Trinajstić information content (AvgIpc) is 2.38. The molecule has 0 aliphatic carbocycles. The summed E-state index contributed by atoms with van der Waals surface area (Å²) in [5, 5.41) is 8.65. The maximum Gasteiger partial charge on any atom is 0.303 e. The molecule has 0 saturated carbocycles. The highest BCUT2D eigenvalue weighted by molar-refractivity contribution is 5.66. The van der Waals surface area contributed by atoms with E-state index in [1.54, 1.807) is 0 Å². The second kappa shape index (κ2) is 12.1. The fourth-order valence-electron chi connectivity index (χ4n) is 4.06. The van der Waals surface area contributed by atoms with E-state index in [1.165, 1.54) is 57.8 Å². The molecule has 1 unspecified atom stereocenters. The molecule has 0 fully saturated rings. The van der Waals surface area contributed by atoms with Gasteiger partial charge in [-0.3, -0.25) is 4.79 Å². The lowest BCUT2D eigenvalue weighted by atomic mass is 9.69. The minimum absolute atomic E-state index is 0.333. The van der Waals surface area contributed by atoms with Crippen molar-refractivity contribution in [3.05, 3.63) is 0 Å². The van der Waals surface area contributed by atoms with Gasteiger partial charge in [-0.25, -0.2) is 0 Å². The Morgan fingerprint density at radius 3 is 1.90 bits per heavy atom. The molecule has 2 heteroatoms. The fraction of sp³-hybridized carbons (Fsp3) is 0.947. The van der Waals surface area contributed by atoms with Crippen molar-refractivity contribution in [1.82, 2.24) is 0 Å². The van der Waals surface area contributed by atoms with Crippen LogP contribution < -0.4 is 0 Å². The van der Waals surface area contributed by atoms with Crippen molar-refractivity contribution >= 4 is 5.97 Å². The number of aliphatic carboxylic acids is 1. The Hall–Kier alpha value is -0.530. The summed E-state index contributed by atoms with van der Waals surface area (Å²) in [7, 11) is 0. The summed E-state index contributed by atoms with van der Waals surface area (Å²) in [4.78, 5) is 10.5. The summed E-state index contributed by atoms with van der Waals surface area (Å²) in [5.41, 5.74) is 0.568. The van der Waals surface area contributed by atoms with Crippen LogP contribution >= 0.6 is 0 Å². The van der Waals surface area contributed by atoms with Crippen LogP contribution in [-0.4, -0.2) is 11.1 Å². The quantitative estimate of drug-likeness (QED) is 0.375. The minimum Gasteiger partial charge on any atom is -0.481 e. The molecule has 1 atom stereocenters. The molecular formula is C19H38O2. The Kier molecular flexibility index (Phi) is 11.8. The van der Waals surface area contributed by atoms with Crippen molar-refractivity contribution in [2.24, 2.45) is 11.3 Å². The van der Waals surface area contributed by atoms with Crippen molar-refractivity contribution in [3.63, 3.8) is 0 Å². The number of hydrogen-bond acceptors (Lipinski definition) is 1. The Balaban J connectivity index is 4.19. The zero-order valence-corrected chi connectivity index (χ0v) is 14.9. The van der Waals surface area contributed by atoms with E-state index in [0.29, 0.717) is 11.8 Å². The number of rotatable bonds is 14. The predicted molar refractivity (Wildman–Crippen MR) is 91.7 cm³/mol. The highest BCUT2D eigenvalue weighted by atomic mass is 16.4. The van der Waals surface area contributed by atoms with Crippen LogP contribution in [0.4, 0.5) is 0 Å². The topological polar surface area (TPSA) is 37.3 Å². The van der Waals surface area contributed by atoms with E-state index < -0.39 is 5.97 Å². The largest absolute Gasteiger partial charge is 0.481 e. The van der Waals surface area contributed by atoms with Gasteiger partial charge in [-0.2, -0.15) is 0 Å². The van der Waals surface area contributed by atoms with E-state index in [9.17, 15) is 4.79 Å². The van der Waals surface area contributed by atoms with E-state index >= 15 is 0 Å². The van der Waals surface area contributed by atoms with Gasteiger partial charge in [0.2, 0.25) is 0 Å². The first-order chi connectivity index (χ1) is 9.99. The van der Waals surface area contributed by atoms with Gasteiger partial charge >= 0.3 is 5.97 Å². The molecule has 2 nitrogen and oxygen atoms in total. The van der Waals surface area contributed by atoms with Crippen molar-refractivity contribution in [3.8, 4) is 0 Å². The van der Waals surface area contributed by atoms with Gasteiger partial charge in [0.1, 0.15) is 0 Å². The summed E-state index contributed by atoms with van der Waals surface area (Å²) in [6, 6.07) is 0. The molecule has 126 valence electrons. The molecule has 0 aliphatic heterocycles. The normalized spacial score (nSPS) is 13.3.